The summed E-state index contributed by atoms with van der Waals surface area (Å²) in [4.78, 5) is 23.3. The summed E-state index contributed by atoms with van der Waals surface area (Å²) in [6.07, 6.45) is 0. The van der Waals surface area contributed by atoms with Crippen molar-refractivity contribution in [1.29, 1.82) is 0 Å². The highest BCUT2D eigenvalue weighted by Crippen LogP contribution is 2.33. The van der Waals surface area contributed by atoms with Crippen molar-refractivity contribution in [2.24, 2.45) is 21.6 Å². The van der Waals surface area contributed by atoms with Crippen LogP contribution in [-0.4, -0.2) is 30.2 Å². The predicted octanol–water partition coefficient (Wildman–Crippen LogP) is -0.940. The van der Waals surface area contributed by atoms with Crippen molar-refractivity contribution in [3.8, 4) is 0 Å². The maximum absolute atomic E-state index is 11.5. The third kappa shape index (κ3) is 3.44. The fourth-order valence-electron chi connectivity index (χ4n) is 1.52. The van der Waals surface area contributed by atoms with E-state index in [1.165, 1.54) is 0 Å². The van der Waals surface area contributed by atoms with Crippen LogP contribution in [0.25, 0.3) is 0 Å². The van der Waals surface area contributed by atoms with Gasteiger partial charge in [0.15, 0.2) is 5.69 Å². The molecule has 0 saturated heterocycles. The topological polar surface area (TPSA) is 219 Å². The number of hydroxylamine groups is 1. The number of nitrogens with two attached hydrogens (primary N) is 2. The zero-order valence-corrected chi connectivity index (χ0v) is 12.1. The molecule has 0 spiro atoms. The van der Waals surface area contributed by atoms with Gasteiger partial charge in [-0.25, -0.2) is 4.28 Å². The molecule has 128 valence electrons. The Bertz CT molecular complexity index is 878. The van der Waals surface area contributed by atoms with Gasteiger partial charge in [-0.15, -0.1) is 4.28 Å². The van der Waals surface area contributed by atoms with Crippen molar-refractivity contribution in [3.63, 3.8) is 0 Å². The second-order valence-electron chi connectivity index (χ2n) is 3.96. The minimum Gasteiger partial charge on any atom is -0.367 e. The normalized spacial score (nSPS) is 21.2. The summed E-state index contributed by atoms with van der Waals surface area (Å²) in [5, 5.41) is 24.9. The van der Waals surface area contributed by atoms with Crippen LogP contribution in [0, 0.1) is 20.2 Å². The molecule has 0 radical (unpaired) electrons. The number of nitrogens with zero attached hydrogens (tertiary/aromatic N) is 5. The van der Waals surface area contributed by atoms with Crippen LogP contribution in [0.2, 0.25) is 0 Å². The Morgan fingerprint density at radius 2 is 1.83 bits per heavy atom. The summed E-state index contributed by atoms with van der Waals surface area (Å²) in [6, 6.07) is 2.28. The van der Waals surface area contributed by atoms with Crippen LogP contribution in [0.4, 0.5) is 17.1 Å². The number of nitro benzene ring substituents is 2. The molecule has 0 amide bonds. The number of non-ortho nitro benzene ring substituents is 1. The maximum atomic E-state index is 11.5. The number of guanidine groups is 2. The lowest BCUT2D eigenvalue weighted by atomic mass is 10.2. The smallest absolute Gasteiger partial charge is 0.367 e. The summed E-state index contributed by atoms with van der Waals surface area (Å²) >= 11 is 0. The molecule has 24 heavy (non-hydrogen) atoms. The highest BCUT2D eigenvalue weighted by Gasteiger charge is 2.32. The number of rotatable bonds is 3. The lowest BCUT2D eigenvalue weighted by Crippen LogP contribution is -2.42. The van der Waals surface area contributed by atoms with Gasteiger partial charge in [-0.1, -0.05) is 0 Å². The van der Waals surface area contributed by atoms with Crippen molar-refractivity contribution in [2.75, 3.05) is 5.06 Å². The van der Waals surface area contributed by atoms with Crippen molar-refractivity contribution < 1.29 is 26.8 Å². The summed E-state index contributed by atoms with van der Waals surface area (Å²) in [5.74, 6) is -1.46. The largest absolute Gasteiger partial charge is 0.491 e. The molecule has 0 saturated carbocycles. The second-order valence-corrected chi connectivity index (χ2v) is 5.07. The third-order valence-electron chi connectivity index (χ3n) is 2.41. The molecule has 15 nitrogen and oxygen atoms in total. The minimum absolute atomic E-state index is 0.207. The molecule has 0 aromatic heterocycles. The molecule has 0 aliphatic carbocycles. The quantitative estimate of drug-likeness (QED) is 0.494. The zero-order valence-electron chi connectivity index (χ0n) is 11.3. The molecule has 0 unspecified atom stereocenters. The molecule has 0 atom stereocenters. The van der Waals surface area contributed by atoms with Gasteiger partial charge < -0.3 is 11.5 Å². The van der Waals surface area contributed by atoms with E-state index in [0.29, 0.717) is 6.07 Å². The first-order valence-electron chi connectivity index (χ1n) is 5.64. The standard InChI is InChI=1S/C8H7N7O8S/c9-7-11-8(10)13(23-24(20,21)22-12-7)5-2-1-4(14(16)17)3-6(5)15(18)19/h1-3H,(H4,9,10,11,12). The average Bonchev–Trinajstić information content (AvgIpc) is 2.49. The lowest BCUT2D eigenvalue weighted by molar-refractivity contribution is -0.393. The van der Waals surface area contributed by atoms with Crippen LogP contribution in [0.3, 0.4) is 0 Å². The van der Waals surface area contributed by atoms with Crippen LogP contribution >= 0.6 is 0 Å². The van der Waals surface area contributed by atoms with Gasteiger partial charge in [-0.3, -0.25) is 20.2 Å². The van der Waals surface area contributed by atoms with E-state index in [0.717, 1.165) is 12.1 Å². The molecule has 1 aromatic carbocycles. The van der Waals surface area contributed by atoms with Gasteiger partial charge in [-0.2, -0.15) is 18.5 Å². The van der Waals surface area contributed by atoms with Gasteiger partial charge >= 0.3 is 16.1 Å². The summed E-state index contributed by atoms with van der Waals surface area (Å²) in [6.45, 7) is 0. The highest BCUT2D eigenvalue weighted by atomic mass is 32.3. The molecule has 1 aromatic rings. The second kappa shape index (κ2) is 5.93. The number of nitro groups is 2. The number of hydrogen-bond acceptors (Lipinski definition) is 13. The van der Waals surface area contributed by atoms with Crippen LogP contribution < -0.4 is 16.5 Å². The van der Waals surface area contributed by atoms with Gasteiger partial charge in [0.05, 0.1) is 15.9 Å². The molecule has 0 fully saturated rings. The molecule has 1 aliphatic heterocycles. The molecule has 1 heterocycles. The van der Waals surface area contributed by atoms with Crippen LogP contribution in [-0.2, 0) is 19.0 Å². The Balaban J connectivity index is 2.65. The van der Waals surface area contributed by atoms with E-state index in [2.05, 4.69) is 18.7 Å². The number of anilines is 1. The van der Waals surface area contributed by atoms with Crippen molar-refractivity contribution in [1.82, 2.24) is 0 Å². The third-order valence-corrected chi connectivity index (χ3v) is 3.00. The lowest BCUT2D eigenvalue weighted by Gasteiger charge is -2.21. The van der Waals surface area contributed by atoms with E-state index in [1.807, 2.05) is 0 Å². The first-order chi connectivity index (χ1) is 11.1. The van der Waals surface area contributed by atoms with E-state index < -0.39 is 49.2 Å². The number of hydrogen-bond donors (Lipinski definition) is 2. The molecule has 16 heteroatoms. The molecule has 2 rings (SSSR count). The van der Waals surface area contributed by atoms with E-state index in [-0.39, 0.29) is 5.06 Å². The highest BCUT2D eigenvalue weighted by molar-refractivity contribution is 7.81. The number of oxime groups is 1. The Morgan fingerprint density at radius 3 is 2.42 bits per heavy atom. The molecule has 1 aliphatic rings. The Hall–Kier alpha value is -3.53. The van der Waals surface area contributed by atoms with Gasteiger partial charge in [0.25, 0.3) is 11.6 Å². The fourth-order valence-corrected chi connectivity index (χ4v) is 2.05. The fraction of sp³-hybridized carbons (Fsp3) is 0. The molecular formula is C8H7N7O8S. The Kier molecular flexibility index (Phi) is 4.16. The number of benzene rings is 1. The molecule has 0 bridgehead atoms. The van der Waals surface area contributed by atoms with Gasteiger partial charge in [0.2, 0.25) is 5.96 Å². The average molecular weight is 361 g/mol. The van der Waals surface area contributed by atoms with E-state index >= 15 is 0 Å². The maximum Gasteiger partial charge on any atom is 0.491 e. The van der Waals surface area contributed by atoms with E-state index in [4.69, 9.17) is 11.5 Å². The monoisotopic (exact) mass is 361 g/mol. The van der Waals surface area contributed by atoms with Crippen LogP contribution in [0.5, 0.6) is 0 Å². The van der Waals surface area contributed by atoms with Crippen LogP contribution in [0.1, 0.15) is 0 Å². The van der Waals surface area contributed by atoms with Gasteiger partial charge in [0, 0.05) is 6.07 Å². The Morgan fingerprint density at radius 1 is 1.17 bits per heavy atom. The van der Waals surface area contributed by atoms with Crippen LogP contribution in [0.15, 0.2) is 28.3 Å². The summed E-state index contributed by atoms with van der Waals surface area (Å²) < 4.78 is 31.4. The first-order valence-corrected chi connectivity index (χ1v) is 6.98. The summed E-state index contributed by atoms with van der Waals surface area (Å²) in [7, 11) is -4.83. The zero-order chi connectivity index (χ0) is 18.1. The van der Waals surface area contributed by atoms with Gasteiger partial charge in [0.1, 0.15) is 0 Å². The van der Waals surface area contributed by atoms with Gasteiger partial charge in [-0.05, 0) is 11.2 Å². The van der Waals surface area contributed by atoms with E-state index in [1.54, 1.807) is 0 Å². The minimum atomic E-state index is -4.83. The molecular weight excluding hydrogens is 354 g/mol. The Labute approximate surface area is 132 Å². The van der Waals surface area contributed by atoms with Crippen molar-refractivity contribution in [3.05, 3.63) is 38.4 Å². The van der Waals surface area contributed by atoms with E-state index in [9.17, 15) is 28.6 Å². The first kappa shape index (κ1) is 16.8. The predicted molar refractivity (Wildman–Crippen MR) is 76.6 cm³/mol. The number of aliphatic imine (C=N–C) groups is 1. The molecule has 4 N–H and O–H groups in total. The SMILES string of the molecule is NC1=N/OS(=O)(=O)ON(c2ccc([N+](=O)[O-])cc2[N+](=O)[O-])/C(N)=N\1. The van der Waals surface area contributed by atoms with Crippen molar-refractivity contribution >= 4 is 39.4 Å². The summed E-state index contributed by atoms with van der Waals surface area (Å²) in [5.41, 5.74) is 8.60. The van der Waals surface area contributed by atoms with Crippen molar-refractivity contribution in [2.45, 2.75) is 0 Å².